The summed E-state index contributed by atoms with van der Waals surface area (Å²) < 4.78 is 63.8. The fourth-order valence-electron chi connectivity index (χ4n) is 1.99. The minimum atomic E-state index is -4.49. The fraction of sp³-hybridized carbons (Fsp3) is 0.200. The van der Waals surface area contributed by atoms with Crippen molar-refractivity contribution in [1.82, 2.24) is 0 Å². The Hall–Kier alpha value is -1.95. The molecule has 0 heterocycles. The Bertz CT molecular complexity index is 624. The smallest absolute Gasteiger partial charge is 0.381 e. The molecule has 0 aliphatic carbocycles. The number of hydrogen-bond acceptors (Lipinski definition) is 1. The molecule has 21 heavy (non-hydrogen) atoms. The zero-order chi connectivity index (χ0) is 15.8. The van der Waals surface area contributed by atoms with Crippen LogP contribution in [0.1, 0.15) is 23.6 Å². The maximum absolute atomic E-state index is 13.2. The van der Waals surface area contributed by atoms with E-state index in [0.29, 0.717) is 6.07 Å². The summed E-state index contributed by atoms with van der Waals surface area (Å²) in [5.41, 5.74) is -2.67. The Morgan fingerprint density at radius 3 is 1.62 bits per heavy atom. The van der Waals surface area contributed by atoms with Crippen LogP contribution in [-0.2, 0) is 11.8 Å². The minimum Gasteiger partial charge on any atom is -0.381 e. The van der Waals surface area contributed by atoms with Crippen LogP contribution in [0.4, 0.5) is 22.0 Å². The lowest BCUT2D eigenvalue weighted by molar-refractivity contribution is -0.137. The Morgan fingerprint density at radius 2 is 1.19 bits per heavy atom. The second-order valence-electron chi connectivity index (χ2n) is 4.81. The summed E-state index contributed by atoms with van der Waals surface area (Å²) in [5.74, 6) is -1.76. The molecule has 0 fully saturated rings. The van der Waals surface area contributed by atoms with Gasteiger partial charge in [0.1, 0.15) is 17.2 Å². The summed E-state index contributed by atoms with van der Waals surface area (Å²) in [5, 5.41) is 10.4. The van der Waals surface area contributed by atoms with Crippen LogP contribution in [0.2, 0.25) is 0 Å². The lowest BCUT2D eigenvalue weighted by Crippen LogP contribution is -2.23. The molecule has 1 nitrogen and oxygen atoms in total. The Balaban J connectivity index is 2.43. The van der Waals surface area contributed by atoms with Crippen molar-refractivity contribution in [2.45, 2.75) is 18.7 Å². The third-order valence-electron chi connectivity index (χ3n) is 3.20. The van der Waals surface area contributed by atoms with Crippen LogP contribution in [0.3, 0.4) is 0 Å². The summed E-state index contributed by atoms with van der Waals surface area (Å²) >= 11 is 0. The molecule has 0 aliphatic rings. The molecule has 2 aromatic carbocycles. The van der Waals surface area contributed by atoms with Gasteiger partial charge in [0.25, 0.3) is 0 Å². The normalized spacial score (nSPS) is 14.8. The summed E-state index contributed by atoms with van der Waals surface area (Å²) in [6, 6.07) is 6.27. The second-order valence-corrected chi connectivity index (χ2v) is 4.81. The van der Waals surface area contributed by atoms with Crippen molar-refractivity contribution in [2.24, 2.45) is 0 Å². The number of hydrogen-bond donors (Lipinski definition) is 1. The topological polar surface area (TPSA) is 20.2 Å². The molecule has 6 heteroatoms. The van der Waals surface area contributed by atoms with E-state index >= 15 is 0 Å². The highest BCUT2D eigenvalue weighted by molar-refractivity contribution is 5.37. The summed E-state index contributed by atoms with van der Waals surface area (Å²) in [7, 11) is 0. The van der Waals surface area contributed by atoms with E-state index in [1.165, 1.54) is 6.92 Å². The van der Waals surface area contributed by atoms with Gasteiger partial charge in [-0.25, -0.2) is 8.78 Å². The van der Waals surface area contributed by atoms with Gasteiger partial charge in [-0.3, -0.25) is 0 Å². The standard InChI is InChI=1S/C15H11F5O/c1-14(21,11-6-12(16)8-13(17)7-11)9-2-4-10(5-3-9)15(18,19)20/h2-8,21H,1H3. The molecule has 0 spiro atoms. The van der Waals surface area contributed by atoms with Crippen LogP contribution < -0.4 is 0 Å². The molecule has 0 bridgehead atoms. The first-order valence-electron chi connectivity index (χ1n) is 5.97. The minimum absolute atomic E-state index is 0.0836. The average Bonchev–Trinajstić information content (AvgIpc) is 2.36. The van der Waals surface area contributed by atoms with Crippen molar-refractivity contribution in [3.63, 3.8) is 0 Å². The first-order valence-corrected chi connectivity index (χ1v) is 5.97. The van der Waals surface area contributed by atoms with Gasteiger partial charge in [0.2, 0.25) is 0 Å². The maximum Gasteiger partial charge on any atom is 0.416 e. The zero-order valence-corrected chi connectivity index (χ0v) is 10.9. The molecule has 1 atom stereocenters. The quantitative estimate of drug-likeness (QED) is 0.823. The average molecular weight is 302 g/mol. The Morgan fingerprint density at radius 1 is 0.762 bits per heavy atom. The molecule has 2 aromatic rings. The van der Waals surface area contributed by atoms with E-state index in [-0.39, 0.29) is 11.1 Å². The first kappa shape index (κ1) is 15.4. The van der Waals surface area contributed by atoms with E-state index in [2.05, 4.69) is 0 Å². The van der Waals surface area contributed by atoms with E-state index in [1.54, 1.807) is 0 Å². The van der Waals surface area contributed by atoms with Gasteiger partial charge < -0.3 is 5.11 Å². The predicted octanol–water partition coefficient (Wildman–Crippen LogP) is 4.24. The third kappa shape index (κ3) is 3.21. The molecule has 0 saturated carbocycles. The SMILES string of the molecule is CC(O)(c1ccc(C(F)(F)F)cc1)c1cc(F)cc(F)c1. The highest BCUT2D eigenvalue weighted by Crippen LogP contribution is 2.33. The molecule has 0 amide bonds. The summed E-state index contributed by atoms with van der Waals surface area (Å²) in [4.78, 5) is 0. The zero-order valence-electron chi connectivity index (χ0n) is 10.9. The first-order chi connectivity index (χ1) is 9.60. The molecule has 0 saturated heterocycles. The number of rotatable bonds is 2. The molecule has 1 unspecified atom stereocenters. The van der Waals surface area contributed by atoms with Gasteiger partial charge >= 0.3 is 6.18 Å². The second kappa shape index (κ2) is 5.11. The van der Waals surface area contributed by atoms with Crippen LogP contribution in [0.25, 0.3) is 0 Å². The van der Waals surface area contributed by atoms with Crippen LogP contribution in [-0.4, -0.2) is 5.11 Å². The molecular formula is C15H11F5O. The molecule has 2 rings (SSSR count). The monoisotopic (exact) mass is 302 g/mol. The fourth-order valence-corrected chi connectivity index (χ4v) is 1.99. The molecule has 0 aliphatic heterocycles. The van der Waals surface area contributed by atoms with Gasteiger partial charge in [0.05, 0.1) is 5.56 Å². The van der Waals surface area contributed by atoms with Crippen molar-refractivity contribution in [3.8, 4) is 0 Å². The van der Waals surface area contributed by atoms with Crippen molar-refractivity contribution >= 4 is 0 Å². The Labute approximate surface area is 117 Å². The highest BCUT2D eigenvalue weighted by Gasteiger charge is 2.32. The predicted molar refractivity (Wildman–Crippen MR) is 66.5 cm³/mol. The number of aliphatic hydroxyl groups is 1. The van der Waals surface area contributed by atoms with Gasteiger partial charge in [-0.05, 0) is 42.3 Å². The van der Waals surface area contributed by atoms with Crippen LogP contribution >= 0.6 is 0 Å². The molecule has 0 radical (unpaired) electrons. The number of halogens is 5. The van der Waals surface area contributed by atoms with Gasteiger partial charge in [0.15, 0.2) is 0 Å². The van der Waals surface area contributed by atoms with Crippen molar-refractivity contribution in [1.29, 1.82) is 0 Å². The van der Waals surface area contributed by atoms with Crippen LogP contribution in [0.5, 0.6) is 0 Å². The molecule has 0 aromatic heterocycles. The molecule has 112 valence electrons. The molecular weight excluding hydrogens is 291 g/mol. The summed E-state index contributed by atoms with van der Waals surface area (Å²) in [6.45, 7) is 1.25. The number of benzene rings is 2. The van der Waals surface area contributed by atoms with E-state index in [0.717, 1.165) is 36.4 Å². The van der Waals surface area contributed by atoms with E-state index < -0.39 is 29.0 Å². The summed E-state index contributed by atoms with van der Waals surface area (Å²) in [6.07, 6.45) is -4.49. The van der Waals surface area contributed by atoms with E-state index in [1.807, 2.05) is 0 Å². The number of alkyl halides is 3. The lowest BCUT2D eigenvalue weighted by Gasteiger charge is -2.25. The lowest BCUT2D eigenvalue weighted by atomic mass is 9.87. The van der Waals surface area contributed by atoms with E-state index in [4.69, 9.17) is 0 Å². The maximum atomic E-state index is 13.2. The van der Waals surface area contributed by atoms with Crippen molar-refractivity contribution in [3.05, 3.63) is 70.8 Å². The molecule has 1 N–H and O–H groups in total. The van der Waals surface area contributed by atoms with Crippen molar-refractivity contribution in [2.75, 3.05) is 0 Å². The van der Waals surface area contributed by atoms with Crippen LogP contribution in [0.15, 0.2) is 42.5 Å². The van der Waals surface area contributed by atoms with Crippen LogP contribution in [0, 0.1) is 11.6 Å². The Kier molecular flexibility index (Phi) is 3.76. The van der Waals surface area contributed by atoms with E-state index in [9.17, 15) is 27.1 Å². The highest BCUT2D eigenvalue weighted by atomic mass is 19.4. The largest absolute Gasteiger partial charge is 0.416 e. The van der Waals surface area contributed by atoms with Gasteiger partial charge in [0, 0.05) is 6.07 Å². The van der Waals surface area contributed by atoms with Gasteiger partial charge in [-0.1, -0.05) is 12.1 Å². The van der Waals surface area contributed by atoms with Gasteiger partial charge in [-0.15, -0.1) is 0 Å². The van der Waals surface area contributed by atoms with Gasteiger partial charge in [-0.2, -0.15) is 13.2 Å². The van der Waals surface area contributed by atoms with Crippen molar-refractivity contribution < 1.29 is 27.1 Å². The third-order valence-corrected chi connectivity index (χ3v) is 3.20.